The molecular formula is C9H12ClNO2. The summed E-state index contributed by atoms with van der Waals surface area (Å²) in [5.74, 6) is -0.460. The summed E-state index contributed by atoms with van der Waals surface area (Å²) in [6.07, 6.45) is 0. The molecule has 3 nitrogen and oxygen atoms in total. The van der Waals surface area contributed by atoms with Crippen LogP contribution in [0.2, 0.25) is 5.02 Å². The maximum atomic E-state index is 9.50. The lowest BCUT2D eigenvalue weighted by Crippen LogP contribution is -2.29. The maximum Gasteiger partial charge on any atom is 0.164 e. The van der Waals surface area contributed by atoms with Gasteiger partial charge < -0.3 is 15.9 Å². The molecule has 0 fully saturated rings. The van der Waals surface area contributed by atoms with Crippen LogP contribution in [-0.4, -0.2) is 10.2 Å². The van der Waals surface area contributed by atoms with Crippen LogP contribution in [0.1, 0.15) is 19.4 Å². The van der Waals surface area contributed by atoms with Crippen molar-refractivity contribution in [3.05, 3.63) is 22.7 Å². The first kappa shape index (κ1) is 10.2. The molecular weight excluding hydrogens is 190 g/mol. The molecule has 1 rings (SSSR count). The minimum atomic E-state index is -0.778. The van der Waals surface area contributed by atoms with Gasteiger partial charge in [-0.25, -0.2) is 0 Å². The van der Waals surface area contributed by atoms with E-state index in [1.54, 1.807) is 13.8 Å². The average molecular weight is 202 g/mol. The van der Waals surface area contributed by atoms with Gasteiger partial charge in [-0.1, -0.05) is 11.6 Å². The lowest BCUT2D eigenvalue weighted by atomic mass is 9.94. The number of halogens is 1. The molecule has 0 aliphatic rings. The van der Waals surface area contributed by atoms with Crippen LogP contribution < -0.4 is 5.73 Å². The van der Waals surface area contributed by atoms with Gasteiger partial charge in [0.05, 0.1) is 0 Å². The summed E-state index contributed by atoms with van der Waals surface area (Å²) in [5, 5.41) is 19.1. The van der Waals surface area contributed by atoms with E-state index in [0.29, 0.717) is 10.6 Å². The topological polar surface area (TPSA) is 66.5 Å². The molecule has 0 aliphatic carbocycles. The van der Waals surface area contributed by atoms with Crippen LogP contribution >= 0.6 is 11.6 Å². The average Bonchev–Trinajstić information content (AvgIpc) is 1.95. The minimum Gasteiger partial charge on any atom is -0.504 e. The molecule has 1 aromatic rings. The van der Waals surface area contributed by atoms with E-state index in [4.69, 9.17) is 17.3 Å². The fourth-order valence-electron chi connectivity index (χ4n) is 1.17. The highest BCUT2D eigenvalue weighted by Crippen LogP contribution is 2.39. The monoisotopic (exact) mass is 201 g/mol. The minimum absolute atomic E-state index is 0.210. The second-order valence-electron chi connectivity index (χ2n) is 3.51. The van der Waals surface area contributed by atoms with Crippen molar-refractivity contribution in [2.24, 2.45) is 5.73 Å². The summed E-state index contributed by atoms with van der Waals surface area (Å²) in [5.41, 5.74) is 5.35. The summed E-state index contributed by atoms with van der Waals surface area (Å²) < 4.78 is 0. The van der Waals surface area contributed by atoms with E-state index in [0.717, 1.165) is 0 Å². The highest BCUT2D eigenvalue weighted by Gasteiger charge is 2.23. The predicted octanol–water partition coefficient (Wildman–Crippen LogP) is 1.95. The molecule has 72 valence electrons. The van der Waals surface area contributed by atoms with Crippen molar-refractivity contribution in [3.8, 4) is 11.5 Å². The third-order valence-corrected chi connectivity index (χ3v) is 2.07. The van der Waals surface area contributed by atoms with Gasteiger partial charge in [-0.3, -0.25) is 0 Å². The lowest BCUT2D eigenvalue weighted by molar-refractivity contribution is 0.386. The van der Waals surface area contributed by atoms with Gasteiger partial charge in [0, 0.05) is 16.1 Å². The third-order valence-electron chi connectivity index (χ3n) is 1.75. The summed E-state index contributed by atoms with van der Waals surface area (Å²) in [6, 6.07) is 2.83. The zero-order valence-corrected chi connectivity index (χ0v) is 8.26. The van der Waals surface area contributed by atoms with Crippen LogP contribution in [0, 0.1) is 0 Å². The maximum absolute atomic E-state index is 9.50. The molecule has 13 heavy (non-hydrogen) atoms. The van der Waals surface area contributed by atoms with E-state index in [2.05, 4.69) is 0 Å². The first-order chi connectivity index (χ1) is 5.84. The Balaban J connectivity index is 3.43. The number of phenols is 2. The molecule has 0 bridgehead atoms. The molecule has 0 saturated heterocycles. The standard InChI is InChI=1S/C9H12ClNO2/c1-9(2,11)7-5(10)3-4-6(12)8(7)13/h3-4,12-13H,11H2,1-2H3. The fraction of sp³-hybridized carbons (Fsp3) is 0.333. The van der Waals surface area contributed by atoms with Crippen LogP contribution in [0.3, 0.4) is 0 Å². The summed E-state index contributed by atoms with van der Waals surface area (Å²) >= 11 is 5.84. The van der Waals surface area contributed by atoms with Crippen LogP contribution in [0.25, 0.3) is 0 Å². The van der Waals surface area contributed by atoms with E-state index < -0.39 is 5.54 Å². The number of benzene rings is 1. The number of rotatable bonds is 1. The Hall–Kier alpha value is -0.930. The second kappa shape index (κ2) is 3.09. The third kappa shape index (κ3) is 1.87. The number of hydrogen-bond acceptors (Lipinski definition) is 3. The van der Waals surface area contributed by atoms with E-state index >= 15 is 0 Å². The van der Waals surface area contributed by atoms with Crippen molar-refractivity contribution >= 4 is 11.6 Å². The smallest absolute Gasteiger partial charge is 0.164 e. The fourth-order valence-corrected chi connectivity index (χ4v) is 1.56. The van der Waals surface area contributed by atoms with Gasteiger partial charge in [0.25, 0.3) is 0 Å². The Morgan fingerprint density at radius 1 is 1.31 bits per heavy atom. The summed E-state index contributed by atoms with van der Waals surface area (Å²) in [7, 11) is 0. The molecule has 0 heterocycles. The molecule has 4 heteroatoms. The normalized spacial score (nSPS) is 11.7. The molecule has 0 aliphatic heterocycles. The zero-order valence-electron chi connectivity index (χ0n) is 7.50. The first-order valence-corrected chi connectivity index (χ1v) is 4.21. The molecule has 0 atom stereocenters. The lowest BCUT2D eigenvalue weighted by Gasteiger charge is -2.22. The van der Waals surface area contributed by atoms with Crippen molar-refractivity contribution in [2.45, 2.75) is 19.4 Å². The van der Waals surface area contributed by atoms with Crippen LogP contribution in [0.15, 0.2) is 12.1 Å². The van der Waals surface area contributed by atoms with Gasteiger partial charge in [-0.05, 0) is 26.0 Å². The number of phenolic OH excluding ortho intramolecular Hbond substituents is 2. The van der Waals surface area contributed by atoms with Gasteiger partial charge >= 0.3 is 0 Å². The van der Waals surface area contributed by atoms with Gasteiger partial charge in [-0.2, -0.15) is 0 Å². The van der Waals surface area contributed by atoms with Crippen LogP contribution in [0.5, 0.6) is 11.5 Å². The number of nitrogens with two attached hydrogens (primary N) is 1. The Morgan fingerprint density at radius 2 is 1.85 bits per heavy atom. The van der Waals surface area contributed by atoms with Crippen LogP contribution in [-0.2, 0) is 5.54 Å². The largest absolute Gasteiger partial charge is 0.504 e. The van der Waals surface area contributed by atoms with Gasteiger partial charge in [0.1, 0.15) is 0 Å². The Labute approximate surface area is 81.8 Å². The Bertz CT molecular complexity index is 331. The zero-order chi connectivity index (χ0) is 10.2. The molecule has 0 saturated carbocycles. The van der Waals surface area contributed by atoms with Crippen LogP contribution in [0.4, 0.5) is 0 Å². The molecule has 1 aromatic carbocycles. The molecule has 0 unspecified atom stereocenters. The van der Waals surface area contributed by atoms with Crippen molar-refractivity contribution in [2.75, 3.05) is 0 Å². The SMILES string of the molecule is CC(C)(N)c1c(Cl)ccc(O)c1O. The molecule has 0 spiro atoms. The highest BCUT2D eigenvalue weighted by atomic mass is 35.5. The quantitative estimate of drug-likeness (QED) is 0.609. The van der Waals surface area contributed by atoms with E-state index in [1.807, 2.05) is 0 Å². The number of aromatic hydroxyl groups is 2. The molecule has 0 aromatic heterocycles. The Kier molecular flexibility index (Phi) is 2.41. The molecule has 0 radical (unpaired) electrons. The van der Waals surface area contributed by atoms with Gasteiger partial charge in [0.15, 0.2) is 11.5 Å². The predicted molar refractivity (Wildman–Crippen MR) is 52.0 cm³/mol. The Morgan fingerprint density at radius 3 is 2.23 bits per heavy atom. The van der Waals surface area contributed by atoms with Crippen molar-refractivity contribution in [1.29, 1.82) is 0 Å². The van der Waals surface area contributed by atoms with E-state index in [-0.39, 0.29) is 11.5 Å². The highest BCUT2D eigenvalue weighted by molar-refractivity contribution is 6.31. The van der Waals surface area contributed by atoms with Gasteiger partial charge in [-0.15, -0.1) is 0 Å². The van der Waals surface area contributed by atoms with E-state index in [1.165, 1.54) is 12.1 Å². The van der Waals surface area contributed by atoms with Crippen molar-refractivity contribution < 1.29 is 10.2 Å². The first-order valence-electron chi connectivity index (χ1n) is 3.84. The van der Waals surface area contributed by atoms with E-state index in [9.17, 15) is 10.2 Å². The molecule has 0 amide bonds. The summed E-state index contributed by atoms with van der Waals surface area (Å²) in [6.45, 7) is 3.40. The van der Waals surface area contributed by atoms with Crippen molar-refractivity contribution in [1.82, 2.24) is 0 Å². The number of hydrogen-bond donors (Lipinski definition) is 3. The van der Waals surface area contributed by atoms with Crippen molar-refractivity contribution in [3.63, 3.8) is 0 Å². The second-order valence-corrected chi connectivity index (χ2v) is 3.92. The summed E-state index contributed by atoms with van der Waals surface area (Å²) in [4.78, 5) is 0. The molecule has 4 N–H and O–H groups in total. The van der Waals surface area contributed by atoms with Gasteiger partial charge in [0.2, 0.25) is 0 Å².